The van der Waals surface area contributed by atoms with Crippen LogP contribution in [0.3, 0.4) is 0 Å². The van der Waals surface area contributed by atoms with E-state index in [0.717, 1.165) is 9.92 Å². The van der Waals surface area contributed by atoms with Crippen LogP contribution < -0.4 is 5.32 Å². The molecular weight excluding hydrogens is 441 g/mol. The zero-order valence-electron chi connectivity index (χ0n) is 15.7. The van der Waals surface area contributed by atoms with E-state index in [9.17, 15) is 4.79 Å². The smallest absolute Gasteiger partial charge is 0.261 e. The monoisotopic (exact) mass is 455 g/mol. The third kappa shape index (κ3) is 4.36. The maximum atomic E-state index is 13.0. The Balaban J connectivity index is 1.56. The molecule has 0 aliphatic rings. The fourth-order valence-corrected chi connectivity index (χ4v) is 4.21. The molecule has 0 saturated heterocycles. The molecule has 2 heterocycles. The number of aryl methyl sites for hydroxylation is 1. The van der Waals surface area contributed by atoms with Gasteiger partial charge in [0, 0.05) is 22.3 Å². The molecule has 0 saturated carbocycles. The largest absolute Gasteiger partial charge is 0.360 e. The predicted octanol–water partition coefficient (Wildman–Crippen LogP) is 6.76. The molecule has 5 nitrogen and oxygen atoms in total. The van der Waals surface area contributed by atoms with E-state index in [0.29, 0.717) is 32.8 Å². The zero-order valence-corrected chi connectivity index (χ0v) is 18.1. The first kappa shape index (κ1) is 20.5. The summed E-state index contributed by atoms with van der Waals surface area (Å²) in [5, 5.41) is 8.57. The van der Waals surface area contributed by atoms with Gasteiger partial charge in [0.05, 0.1) is 10.0 Å². The second-order valence-corrected chi connectivity index (χ2v) is 8.22. The van der Waals surface area contributed by atoms with Gasteiger partial charge in [0.25, 0.3) is 5.91 Å². The summed E-state index contributed by atoms with van der Waals surface area (Å²) in [6.45, 7) is 1.67. The molecule has 0 spiro atoms. The number of aromatic nitrogens is 2. The van der Waals surface area contributed by atoms with Crippen LogP contribution in [0.5, 0.6) is 0 Å². The lowest BCUT2D eigenvalue weighted by Gasteiger charge is -2.08. The van der Waals surface area contributed by atoms with Crippen LogP contribution in [-0.4, -0.2) is 16.0 Å². The number of anilines is 1. The van der Waals surface area contributed by atoms with Gasteiger partial charge in [0.1, 0.15) is 22.0 Å². The van der Waals surface area contributed by atoms with Gasteiger partial charge in [-0.2, -0.15) is 0 Å². The zero-order chi connectivity index (χ0) is 21.1. The van der Waals surface area contributed by atoms with Gasteiger partial charge in [-0.15, -0.1) is 0 Å². The lowest BCUT2D eigenvalue weighted by Crippen LogP contribution is -2.13. The van der Waals surface area contributed by atoms with Crippen molar-refractivity contribution in [2.45, 2.75) is 16.8 Å². The van der Waals surface area contributed by atoms with E-state index >= 15 is 0 Å². The molecule has 2 aromatic carbocycles. The van der Waals surface area contributed by atoms with E-state index in [2.05, 4.69) is 15.5 Å². The van der Waals surface area contributed by atoms with Gasteiger partial charge in [-0.1, -0.05) is 52.3 Å². The number of benzene rings is 2. The van der Waals surface area contributed by atoms with Gasteiger partial charge >= 0.3 is 0 Å². The van der Waals surface area contributed by atoms with Crippen LogP contribution in [0.2, 0.25) is 10.0 Å². The highest BCUT2D eigenvalue weighted by Crippen LogP contribution is 2.37. The van der Waals surface area contributed by atoms with Crippen molar-refractivity contribution < 1.29 is 9.32 Å². The van der Waals surface area contributed by atoms with Gasteiger partial charge in [-0.3, -0.25) is 4.79 Å². The first-order valence-electron chi connectivity index (χ1n) is 8.94. The minimum Gasteiger partial charge on any atom is -0.360 e. The summed E-state index contributed by atoms with van der Waals surface area (Å²) in [4.78, 5) is 18.3. The molecule has 0 aliphatic carbocycles. The highest BCUT2D eigenvalue weighted by Gasteiger charge is 2.25. The standard InChI is InChI=1S/C22H15Cl2N3O2S/c1-13-19(21(27-29-13)20-16(23)5-4-6-17(20)24)22(28)26-14-8-10-15(11-9-14)30-18-7-2-3-12-25-18/h2-12H,1H3,(H,26,28). The summed E-state index contributed by atoms with van der Waals surface area (Å²) in [6, 6.07) is 18.3. The number of amides is 1. The van der Waals surface area contributed by atoms with Crippen molar-refractivity contribution in [3.63, 3.8) is 0 Å². The van der Waals surface area contributed by atoms with Crippen molar-refractivity contribution in [3.8, 4) is 11.3 Å². The molecule has 0 radical (unpaired) electrons. The third-order valence-corrected chi connectivity index (χ3v) is 5.85. The predicted molar refractivity (Wildman–Crippen MR) is 119 cm³/mol. The van der Waals surface area contributed by atoms with Crippen LogP contribution in [0, 0.1) is 6.92 Å². The quantitative estimate of drug-likeness (QED) is 0.360. The van der Waals surface area contributed by atoms with Crippen LogP contribution >= 0.6 is 35.0 Å². The molecule has 8 heteroatoms. The lowest BCUT2D eigenvalue weighted by molar-refractivity contribution is 0.102. The first-order valence-corrected chi connectivity index (χ1v) is 10.5. The van der Waals surface area contributed by atoms with Crippen LogP contribution in [0.25, 0.3) is 11.3 Å². The number of carbonyl (C=O) groups is 1. The maximum absolute atomic E-state index is 13.0. The number of pyridine rings is 1. The van der Waals surface area contributed by atoms with Crippen molar-refractivity contribution in [2.24, 2.45) is 0 Å². The summed E-state index contributed by atoms with van der Waals surface area (Å²) >= 11 is 14.1. The molecule has 2 aromatic heterocycles. The van der Waals surface area contributed by atoms with Gasteiger partial charge in [0.2, 0.25) is 0 Å². The van der Waals surface area contributed by atoms with Crippen LogP contribution in [-0.2, 0) is 0 Å². The topological polar surface area (TPSA) is 68.0 Å². The summed E-state index contributed by atoms with van der Waals surface area (Å²) in [6.07, 6.45) is 1.75. The molecule has 0 bridgehead atoms. The maximum Gasteiger partial charge on any atom is 0.261 e. The number of rotatable bonds is 5. The molecule has 4 rings (SSSR count). The average molecular weight is 456 g/mol. The Labute approximate surface area is 187 Å². The van der Waals surface area contributed by atoms with Crippen LogP contribution in [0.4, 0.5) is 5.69 Å². The molecular formula is C22H15Cl2N3O2S. The Kier molecular flexibility index (Phi) is 6.08. The SMILES string of the molecule is Cc1onc(-c2c(Cl)cccc2Cl)c1C(=O)Nc1ccc(Sc2ccccn2)cc1. The van der Waals surface area contributed by atoms with E-state index in [1.165, 1.54) is 0 Å². The Morgan fingerprint density at radius 3 is 2.40 bits per heavy atom. The van der Waals surface area contributed by atoms with E-state index in [4.69, 9.17) is 27.7 Å². The summed E-state index contributed by atoms with van der Waals surface area (Å²) in [5.74, 6) is 0.0191. The van der Waals surface area contributed by atoms with Crippen molar-refractivity contribution in [3.05, 3.63) is 88.2 Å². The second-order valence-electron chi connectivity index (χ2n) is 6.31. The Morgan fingerprint density at radius 2 is 1.73 bits per heavy atom. The lowest BCUT2D eigenvalue weighted by atomic mass is 10.1. The number of hydrogen-bond donors (Lipinski definition) is 1. The Bertz CT molecular complexity index is 1170. The first-order chi connectivity index (χ1) is 14.5. The fraction of sp³-hybridized carbons (Fsp3) is 0.0455. The number of carbonyl (C=O) groups excluding carboxylic acids is 1. The van der Waals surface area contributed by atoms with Crippen molar-refractivity contribution in [2.75, 3.05) is 5.32 Å². The number of nitrogens with zero attached hydrogens (tertiary/aromatic N) is 2. The van der Waals surface area contributed by atoms with E-state index < -0.39 is 0 Å². The highest BCUT2D eigenvalue weighted by atomic mass is 35.5. The van der Waals surface area contributed by atoms with Crippen molar-refractivity contribution >= 4 is 46.6 Å². The molecule has 0 unspecified atom stereocenters. The molecule has 1 amide bonds. The van der Waals surface area contributed by atoms with E-state index in [-0.39, 0.29) is 11.5 Å². The second kappa shape index (κ2) is 8.92. The normalized spacial score (nSPS) is 10.8. The molecule has 0 aliphatic heterocycles. The van der Waals surface area contributed by atoms with E-state index in [1.54, 1.807) is 43.1 Å². The number of nitrogens with one attached hydrogen (secondary N) is 1. The van der Waals surface area contributed by atoms with Crippen LogP contribution in [0.15, 0.2) is 81.3 Å². The van der Waals surface area contributed by atoms with Crippen LogP contribution in [0.1, 0.15) is 16.1 Å². The van der Waals surface area contributed by atoms with Crippen molar-refractivity contribution in [1.82, 2.24) is 10.1 Å². The van der Waals surface area contributed by atoms with E-state index in [1.807, 2.05) is 42.5 Å². The minimum absolute atomic E-state index is 0.289. The molecule has 1 N–H and O–H groups in total. The molecule has 150 valence electrons. The highest BCUT2D eigenvalue weighted by molar-refractivity contribution is 7.99. The molecule has 30 heavy (non-hydrogen) atoms. The minimum atomic E-state index is -0.357. The van der Waals surface area contributed by atoms with Gasteiger partial charge in [-0.05, 0) is 55.5 Å². The third-order valence-electron chi connectivity index (χ3n) is 4.26. The molecule has 4 aromatic rings. The van der Waals surface area contributed by atoms with Gasteiger partial charge in [-0.25, -0.2) is 4.98 Å². The molecule has 0 atom stereocenters. The Morgan fingerprint density at radius 1 is 1.00 bits per heavy atom. The van der Waals surface area contributed by atoms with Gasteiger partial charge < -0.3 is 9.84 Å². The summed E-state index contributed by atoms with van der Waals surface area (Å²) in [7, 11) is 0. The molecule has 0 fully saturated rings. The average Bonchev–Trinajstić information content (AvgIpc) is 3.11. The number of halogens is 2. The summed E-state index contributed by atoms with van der Waals surface area (Å²) < 4.78 is 5.27. The fourth-order valence-electron chi connectivity index (χ4n) is 2.86. The van der Waals surface area contributed by atoms with Crippen molar-refractivity contribution in [1.29, 1.82) is 0 Å². The number of hydrogen-bond acceptors (Lipinski definition) is 5. The Hall–Kier alpha value is -2.80. The van der Waals surface area contributed by atoms with Gasteiger partial charge in [0.15, 0.2) is 0 Å². The summed E-state index contributed by atoms with van der Waals surface area (Å²) in [5.41, 5.74) is 1.70.